The fraction of sp³-hybridized carbons (Fsp3) is 0.250. The Bertz CT molecular complexity index is 529. The number of nitrogens with two attached hydrogens (primary N) is 1. The van der Waals surface area contributed by atoms with Crippen molar-refractivity contribution in [2.24, 2.45) is 0 Å². The van der Waals surface area contributed by atoms with Gasteiger partial charge in [-0.3, -0.25) is 0 Å². The molecule has 0 unspecified atom stereocenters. The lowest BCUT2D eigenvalue weighted by Gasteiger charge is -2.22. The average Bonchev–Trinajstić information content (AvgIpc) is 2.35. The molecule has 0 radical (unpaired) electrons. The van der Waals surface area contributed by atoms with Crippen molar-refractivity contribution < 1.29 is 0 Å². The van der Waals surface area contributed by atoms with Gasteiger partial charge in [-0.15, -0.1) is 0 Å². The molecule has 2 heteroatoms. The second-order valence-electron chi connectivity index (χ2n) is 4.89. The van der Waals surface area contributed by atoms with Crippen LogP contribution in [0.2, 0.25) is 0 Å². The van der Waals surface area contributed by atoms with Gasteiger partial charge in [-0.25, -0.2) is 0 Å². The van der Waals surface area contributed by atoms with Gasteiger partial charge in [0, 0.05) is 25.0 Å². The van der Waals surface area contributed by atoms with Crippen LogP contribution in [-0.4, -0.2) is 7.05 Å². The largest absolute Gasteiger partial charge is 0.399 e. The van der Waals surface area contributed by atoms with Crippen LogP contribution in [0.25, 0.3) is 0 Å². The number of nitrogen functional groups attached to an aromatic ring is 1. The molecule has 0 heterocycles. The molecule has 94 valence electrons. The van der Waals surface area contributed by atoms with Gasteiger partial charge in [0.1, 0.15) is 0 Å². The van der Waals surface area contributed by atoms with E-state index in [2.05, 4.69) is 56.1 Å². The van der Waals surface area contributed by atoms with Crippen molar-refractivity contribution in [1.82, 2.24) is 0 Å². The molecule has 2 aromatic rings. The molecule has 0 bridgehead atoms. The number of aryl methyl sites for hydroxylation is 2. The normalized spacial score (nSPS) is 10.4. The second-order valence-corrected chi connectivity index (χ2v) is 4.89. The van der Waals surface area contributed by atoms with Gasteiger partial charge in [-0.2, -0.15) is 0 Å². The first kappa shape index (κ1) is 12.5. The third-order valence-electron chi connectivity index (χ3n) is 3.18. The molecule has 0 atom stereocenters. The van der Waals surface area contributed by atoms with Gasteiger partial charge in [0.15, 0.2) is 0 Å². The first-order chi connectivity index (χ1) is 8.56. The Balaban J connectivity index is 2.18. The van der Waals surface area contributed by atoms with E-state index in [0.717, 1.165) is 12.2 Å². The van der Waals surface area contributed by atoms with Crippen LogP contribution in [0.4, 0.5) is 11.4 Å². The number of hydrogen-bond acceptors (Lipinski definition) is 2. The van der Waals surface area contributed by atoms with Crippen LogP contribution in [0.3, 0.4) is 0 Å². The van der Waals surface area contributed by atoms with E-state index >= 15 is 0 Å². The zero-order valence-corrected chi connectivity index (χ0v) is 11.3. The van der Waals surface area contributed by atoms with Crippen LogP contribution in [0, 0.1) is 13.8 Å². The minimum Gasteiger partial charge on any atom is -0.399 e. The zero-order chi connectivity index (χ0) is 13.1. The molecule has 2 aromatic carbocycles. The molecule has 0 aromatic heterocycles. The standard InChI is InChI=1S/C16H20N2/c1-12-4-5-13(2)16(10-12)18(3)11-14-6-8-15(17)9-7-14/h4-10H,11,17H2,1-3H3. The topological polar surface area (TPSA) is 29.3 Å². The monoisotopic (exact) mass is 240 g/mol. The van der Waals surface area contributed by atoms with E-state index in [9.17, 15) is 0 Å². The Hall–Kier alpha value is -1.96. The summed E-state index contributed by atoms with van der Waals surface area (Å²) >= 11 is 0. The van der Waals surface area contributed by atoms with Crippen LogP contribution in [0.5, 0.6) is 0 Å². The summed E-state index contributed by atoms with van der Waals surface area (Å²) in [5.41, 5.74) is 11.7. The van der Waals surface area contributed by atoms with Gasteiger partial charge in [0.2, 0.25) is 0 Å². The molecule has 18 heavy (non-hydrogen) atoms. The van der Waals surface area contributed by atoms with Gasteiger partial charge in [0.25, 0.3) is 0 Å². The molecular formula is C16H20N2. The fourth-order valence-electron chi connectivity index (χ4n) is 2.11. The Labute approximate surface area is 109 Å². The van der Waals surface area contributed by atoms with E-state index in [1.807, 2.05) is 12.1 Å². The Morgan fingerprint density at radius 1 is 1.00 bits per heavy atom. The van der Waals surface area contributed by atoms with Crippen LogP contribution in [0.1, 0.15) is 16.7 Å². The van der Waals surface area contributed by atoms with Crippen LogP contribution < -0.4 is 10.6 Å². The highest BCUT2D eigenvalue weighted by molar-refractivity contribution is 5.54. The Morgan fingerprint density at radius 3 is 2.33 bits per heavy atom. The van der Waals surface area contributed by atoms with Gasteiger partial charge >= 0.3 is 0 Å². The maximum atomic E-state index is 5.70. The SMILES string of the molecule is Cc1ccc(C)c(N(C)Cc2ccc(N)cc2)c1. The Kier molecular flexibility index (Phi) is 3.56. The number of anilines is 2. The quantitative estimate of drug-likeness (QED) is 0.832. The molecule has 0 aliphatic heterocycles. The maximum Gasteiger partial charge on any atom is 0.0426 e. The molecule has 0 aliphatic carbocycles. The van der Waals surface area contributed by atoms with E-state index in [0.29, 0.717) is 0 Å². The second kappa shape index (κ2) is 5.13. The number of hydrogen-bond donors (Lipinski definition) is 1. The number of nitrogens with zero attached hydrogens (tertiary/aromatic N) is 1. The van der Waals surface area contributed by atoms with Crippen LogP contribution in [-0.2, 0) is 6.54 Å². The lowest BCUT2D eigenvalue weighted by Crippen LogP contribution is -2.17. The summed E-state index contributed by atoms with van der Waals surface area (Å²) in [5, 5.41) is 0. The highest BCUT2D eigenvalue weighted by Crippen LogP contribution is 2.22. The molecule has 2 nitrogen and oxygen atoms in total. The summed E-state index contributed by atoms with van der Waals surface area (Å²) in [7, 11) is 2.12. The van der Waals surface area contributed by atoms with E-state index in [4.69, 9.17) is 5.73 Å². The van der Waals surface area contributed by atoms with Crippen molar-refractivity contribution in [3.63, 3.8) is 0 Å². The van der Waals surface area contributed by atoms with E-state index in [1.54, 1.807) is 0 Å². The summed E-state index contributed by atoms with van der Waals surface area (Å²) < 4.78 is 0. The lowest BCUT2D eigenvalue weighted by molar-refractivity contribution is 0.916. The molecule has 0 saturated carbocycles. The maximum absolute atomic E-state index is 5.70. The molecule has 0 amide bonds. The van der Waals surface area contributed by atoms with E-state index < -0.39 is 0 Å². The van der Waals surface area contributed by atoms with Crippen molar-refractivity contribution >= 4 is 11.4 Å². The lowest BCUT2D eigenvalue weighted by atomic mass is 10.1. The Morgan fingerprint density at radius 2 is 1.67 bits per heavy atom. The van der Waals surface area contributed by atoms with Crippen molar-refractivity contribution in [2.75, 3.05) is 17.7 Å². The summed E-state index contributed by atoms with van der Waals surface area (Å²) in [5.74, 6) is 0. The molecule has 2 rings (SSSR count). The average molecular weight is 240 g/mol. The molecule has 0 saturated heterocycles. The van der Waals surface area contributed by atoms with Crippen molar-refractivity contribution in [3.05, 3.63) is 59.2 Å². The summed E-state index contributed by atoms with van der Waals surface area (Å²) in [6.45, 7) is 5.17. The summed E-state index contributed by atoms with van der Waals surface area (Å²) in [4.78, 5) is 2.27. The smallest absolute Gasteiger partial charge is 0.0426 e. The fourth-order valence-corrected chi connectivity index (χ4v) is 2.11. The number of rotatable bonds is 3. The third-order valence-corrected chi connectivity index (χ3v) is 3.18. The van der Waals surface area contributed by atoms with Gasteiger partial charge in [-0.05, 0) is 48.7 Å². The van der Waals surface area contributed by atoms with Crippen LogP contribution >= 0.6 is 0 Å². The summed E-state index contributed by atoms with van der Waals surface area (Å²) in [6, 6.07) is 14.6. The van der Waals surface area contributed by atoms with Gasteiger partial charge in [0.05, 0.1) is 0 Å². The first-order valence-electron chi connectivity index (χ1n) is 6.19. The highest BCUT2D eigenvalue weighted by atomic mass is 15.1. The summed E-state index contributed by atoms with van der Waals surface area (Å²) in [6.07, 6.45) is 0. The molecule has 0 aliphatic rings. The molecule has 0 spiro atoms. The number of benzene rings is 2. The van der Waals surface area contributed by atoms with Crippen molar-refractivity contribution in [1.29, 1.82) is 0 Å². The predicted octanol–water partition coefficient (Wildman–Crippen LogP) is 3.52. The van der Waals surface area contributed by atoms with Gasteiger partial charge < -0.3 is 10.6 Å². The first-order valence-corrected chi connectivity index (χ1v) is 6.19. The van der Waals surface area contributed by atoms with Crippen molar-refractivity contribution in [3.8, 4) is 0 Å². The highest BCUT2D eigenvalue weighted by Gasteiger charge is 2.05. The predicted molar refractivity (Wildman–Crippen MR) is 78.9 cm³/mol. The van der Waals surface area contributed by atoms with E-state index in [-0.39, 0.29) is 0 Å². The minimum atomic E-state index is 0.813. The molecule has 0 fully saturated rings. The van der Waals surface area contributed by atoms with Crippen molar-refractivity contribution in [2.45, 2.75) is 20.4 Å². The molecular weight excluding hydrogens is 220 g/mol. The van der Waals surface area contributed by atoms with Gasteiger partial charge in [-0.1, -0.05) is 24.3 Å². The van der Waals surface area contributed by atoms with E-state index in [1.165, 1.54) is 22.4 Å². The minimum absolute atomic E-state index is 0.813. The third kappa shape index (κ3) is 2.83. The zero-order valence-electron chi connectivity index (χ0n) is 11.3. The van der Waals surface area contributed by atoms with Crippen LogP contribution in [0.15, 0.2) is 42.5 Å². The molecule has 2 N–H and O–H groups in total.